The summed E-state index contributed by atoms with van der Waals surface area (Å²) in [7, 11) is 1.67. The minimum Gasteiger partial charge on any atom is -0.493 e. The van der Waals surface area contributed by atoms with Gasteiger partial charge in [0.1, 0.15) is 12.3 Å². The van der Waals surface area contributed by atoms with Crippen molar-refractivity contribution >= 4 is 11.8 Å². The van der Waals surface area contributed by atoms with Crippen LogP contribution < -0.4 is 9.47 Å². The number of methoxy groups -OCH3 is 1. The molecule has 0 saturated carbocycles. The Morgan fingerprint density at radius 3 is 2.62 bits per heavy atom. The van der Waals surface area contributed by atoms with E-state index in [0.717, 1.165) is 62.0 Å². The molecule has 0 bridgehead atoms. The summed E-state index contributed by atoms with van der Waals surface area (Å²) in [5, 5.41) is 4.45. The molecule has 0 N–H and O–H groups in total. The van der Waals surface area contributed by atoms with E-state index < -0.39 is 0 Å². The van der Waals surface area contributed by atoms with Gasteiger partial charge in [0.25, 0.3) is 0 Å². The highest BCUT2D eigenvalue weighted by Crippen LogP contribution is 2.39. The van der Waals surface area contributed by atoms with Gasteiger partial charge in [-0.05, 0) is 24.6 Å². The lowest BCUT2D eigenvalue weighted by Gasteiger charge is -2.36. The lowest BCUT2D eigenvalue weighted by molar-refractivity contribution is 0.00992. The van der Waals surface area contributed by atoms with Crippen LogP contribution in [0.2, 0.25) is 0 Å². The molecular formula is C26H31N3O3. The maximum Gasteiger partial charge on any atom is 0.170 e. The second kappa shape index (κ2) is 9.35. The largest absolute Gasteiger partial charge is 0.493 e. The Morgan fingerprint density at radius 1 is 1.06 bits per heavy atom. The number of oxime groups is 1. The number of fused-ring (bicyclic) bond motifs is 3. The summed E-state index contributed by atoms with van der Waals surface area (Å²) in [5.41, 5.74) is 4.66. The average Bonchev–Trinajstić information content (AvgIpc) is 3.23. The Morgan fingerprint density at radius 2 is 1.84 bits per heavy atom. The molecule has 3 heterocycles. The van der Waals surface area contributed by atoms with E-state index in [4.69, 9.17) is 14.3 Å². The summed E-state index contributed by atoms with van der Waals surface area (Å²) in [5.74, 6) is 1.70. The summed E-state index contributed by atoms with van der Waals surface area (Å²) < 4.78 is 11.5. The van der Waals surface area contributed by atoms with Gasteiger partial charge in [-0.1, -0.05) is 53.2 Å². The predicted molar refractivity (Wildman–Crippen MR) is 126 cm³/mol. The molecule has 5 rings (SSSR count). The number of benzene rings is 2. The highest BCUT2D eigenvalue weighted by molar-refractivity contribution is 6.06. The number of hydrogen-bond donors (Lipinski definition) is 0. The lowest BCUT2D eigenvalue weighted by atomic mass is 9.90. The van der Waals surface area contributed by atoms with E-state index in [0.29, 0.717) is 6.61 Å². The summed E-state index contributed by atoms with van der Waals surface area (Å²) >= 11 is 0. The maximum absolute atomic E-state index is 6.07. The molecule has 2 unspecified atom stereocenters. The molecule has 0 aromatic heterocycles. The third kappa shape index (κ3) is 4.38. The highest BCUT2D eigenvalue weighted by atomic mass is 16.6. The fourth-order valence-corrected chi connectivity index (χ4v) is 4.85. The van der Waals surface area contributed by atoms with Crippen LogP contribution in [0, 0.1) is 5.92 Å². The number of piperazine rings is 1. The SMILES string of the molecule is COc1cccc2c1OCC1C2=NOC1CN1CCN(CC(C)=Cc2ccccc2)CC1. The molecule has 0 spiro atoms. The van der Waals surface area contributed by atoms with Gasteiger partial charge in [0.05, 0.1) is 13.0 Å². The molecule has 1 fully saturated rings. The fourth-order valence-electron chi connectivity index (χ4n) is 4.85. The first-order chi connectivity index (χ1) is 15.7. The molecule has 0 aliphatic carbocycles. The molecule has 168 valence electrons. The first kappa shape index (κ1) is 21.0. The van der Waals surface area contributed by atoms with Crippen molar-refractivity contribution in [2.45, 2.75) is 13.0 Å². The second-order valence-electron chi connectivity index (χ2n) is 8.85. The Balaban J connectivity index is 1.14. The first-order valence-corrected chi connectivity index (χ1v) is 11.4. The fraction of sp³-hybridized carbons (Fsp3) is 0.423. The van der Waals surface area contributed by atoms with Gasteiger partial charge < -0.3 is 14.3 Å². The van der Waals surface area contributed by atoms with E-state index in [2.05, 4.69) is 58.3 Å². The van der Waals surface area contributed by atoms with E-state index in [1.807, 2.05) is 18.2 Å². The molecule has 3 aliphatic rings. The molecule has 2 aromatic carbocycles. The van der Waals surface area contributed by atoms with Gasteiger partial charge in [0.15, 0.2) is 17.6 Å². The van der Waals surface area contributed by atoms with Crippen molar-refractivity contribution in [3.05, 3.63) is 65.2 Å². The summed E-state index contributed by atoms with van der Waals surface area (Å²) in [6, 6.07) is 16.5. The minimum atomic E-state index is 0.0376. The smallest absolute Gasteiger partial charge is 0.170 e. The molecule has 1 saturated heterocycles. The Bertz CT molecular complexity index is 997. The van der Waals surface area contributed by atoms with Gasteiger partial charge in [0.2, 0.25) is 0 Å². The Labute approximate surface area is 190 Å². The van der Waals surface area contributed by atoms with Crippen molar-refractivity contribution in [3.8, 4) is 11.5 Å². The zero-order valence-corrected chi connectivity index (χ0v) is 18.9. The number of rotatable bonds is 6. The molecule has 32 heavy (non-hydrogen) atoms. The normalized spacial score (nSPS) is 23.6. The summed E-state index contributed by atoms with van der Waals surface area (Å²) in [4.78, 5) is 10.9. The van der Waals surface area contributed by atoms with Gasteiger partial charge in [-0.2, -0.15) is 0 Å². The zero-order valence-electron chi connectivity index (χ0n) is 18.9. The van der Waals surface area contributed by atoms with Crippen molar-refractivity contribution in [2.24, 2.45) is 11.1 Å². The predicted octanol–water partition coefficient (Wildman–Crippen LogP) is 3.53. The molecule has 0 radical (unpaired) electrons. The molecule has 2 atom stereocenters. The van der Waals surface area contributed by atoms with Crippen LogP contribution in [-0.2, 0) is 4.84 Å². The number of hydrogen-bond acceptors (Lipinski definition) is 6. The highest BCUT2D eigenvalue weighted by Gasteiger charge is 2.41. The van der Waals surface area contributed by atoms with Crippen LogP contribution in [0.25, 0.3) is 6.08 Å². The first-order valence-electron chi connectivity index (χ1n) is 11.4. The molecule has 0 amide bonds. The van der Waals surface area contributed by atoms with Crippen LogP contribution in [0.5, 0.6) is 11.5 Å². The van der Waals surface area contributed by atoms with E-state index in [1.54, 1.807) is 7.11 Å². The standard InChI is InChI=1S/C26H31N3O3/c1-19(15-20-7-4-3-5-8-20)16-28-11-13-29(14-12-28)17-24-22-18-31-26-21(25(22)27-32-24)9-6-10-23(26)30-2/h3-10,15,22,24H,11-14,16-18H2,1-2H3. The van der Waals surface area contributed by atoms with E-state index in [-0.39, 0.29) is 12.0 Å². The maximum atomic E-state index is 6.07. The van der Waals surface area contributed by atoms with Crippen molar-refractivity contribution in [3.63, 3.8) is 0 Å². The van der Waals surface area contributed by atoms with Crippen molar-refractivity contribution in [2.75, 3.05) is 53.0 Å². The molecule has 6 heteroatoms. The van der Waals surface area contributed by atoms with Gasteiger partial charge in [-0.3, -0.25) is 9.80 Å². The van der Waals surface area contributed by atoms with Crippen molar-refractivity contribution in [1.82, 2.24) is 9.80 Å². The third-order valence-corrected chi connectivity index (χ3v) is 6.56. The van der Waals surface area contributed by atoms with Crippen molar-refractivity contribution < 1.29 is 14.3 Å². The van der Waals surface area contributed by atoms with Gasteiger partial charge >= 0.3 is 0 Å². The molecule has 3 aliphatic heterocycles. The monoisotopic (exact) mass is 433 g/mol. The van der Waals surface area contributed by atoms with Crippen LogP contribution in [0.15, 0.2) is 59.3 Å². The number of nitrogens with zero attached hydrogens (tertiary/aromatic N) is 3. The second-order valence-corrected chi connectivity index (χ2v) is 8.85. The molecular weight excluding hydrogens is 402 g/mol. The quantitative estimate of drug-likeness (QED) is 0.698. The van der Waals surface area contributed by atoms with Gasteiger partial charge in [-0.25, -0.2) is 0 Å². The molecule has 2 aromatic rings. The van der Waals surface area contributed by atoms with Crippen molar-refractivity contribution in [1.29, 1.82) is 0 Å². The van der Waals surface area contributed by atoms with Crippen LogP contribution in [0.1, 0.15) is 18.1 Å². The average molecular weight is 434 g/mol. The Kier molecular flexibility index (Phi) is 6.14. The van der Waals surface area contributed by atoms with Crippen LogP contribution in [0.4, 0.5) is 0 Å². The van der Waals surface area contributed by atoms with Crippen LogP contribution >= 0.6 is 0 Å². The van der Waals surface area contributed by atoms with Crippen LogP contribution in [0.3, 0.4) is 0 Å². The lowest BCUT2D eigenvalue weighted by Crippen LogP contribution is -2.50. The summed E-state index contributed by atoms with van der Waals surface area (Å²) in [6.07, 6.45) is 2.32. The summed E-state index contributed by atoms with van der Waals surface area (Å²) in [6.45, 7) is 8.94. The van der Waals surface area contributed by atoms with Gasteiger partial charge in [0, 0.05) is 44.8 Å². The van der Waals surface area contributed by atoms with E-state index in [9.17, 15) is 0 Å². The Hall–Kier alpha value is -2.83. The topological polar surface area (TPSA) is 46.5 Å². The van der Waals surface area contributed by atoms with Gasteiger partial charge in [-0.15, -0.1) is 0 Å². The minimum absolute atomic E-state index is 0.0376. The zero-order chi connectivity index (χ0) is 21.9. The third-order valence-electron chi connectivity index (χ3n) is 6.56. The molecule has 6 nitrogen and oxygen atoms in total. The number of ether oxygens (including phenoxy) is 2. The van der Waals surface area contributed by atoms with Crippen LogP contribution in [-0.4, -0.2) is 74.6 Å². The van der Waals surface area contributed by atoms with E-state index >= 15 is 0 Å². The number of para-hydroxylation sites is 1. The van der Waals surface area contributed by atoms with E-state index in [1.165, 1.54) is 11.1 Å².